The Hall–Kier alpha value is -0.730. The van der Waals surface area contributed by atoms with Crippen molar-refractivity contribution in [1.82, 2.24) is 10.3 Å². The first-order chi connectivity index (χ1) is 5.59. The van der Waals surface area contributed by atoms with Gasteiger partial charge in [0.15, 0.2) is 0 Å². The van der Waals surface area contributed by atoms with E-state index in [1.165, 1.54) is 18.7 Å². The van der Waals surface area contributed by atoms with Crippen LogP contribution in [0.25, 0.3) is 0 Å². The molecule has 72 valence electrons. The molecule has 0 aromatic heterocycles. The molecule has 3 heteroatoms. The maximum atomic E-state index is 3.37. The average molecular weight is 172 g/mol. The van der Waals surface area contributed by atoms with Gasteiger partial charge in [-0.3, -0.25) is 10.3 Å². The second-order valence-electron chi connectivity index (χ2n) is 3.24. The van der Waals surface area contributed by atoms with Crippen LogP contribution in [0.1, 0.15) is 26.7 Å². The Morgan fingerprint density at radius 1 is 1.42 bits per heavy atom. The zero-order valence-electron chi connectivity index (χ0n) is 9.02. The molecule has 3 nitrogen and oxygen atoms in total. The van der Waals surface area contributed by atoms with Gasteiger partial charge < -0.3 is 0 Å². The summed E-state index contributed by atoms with van der Waals surface area (Å²) in [4.78, 5) is 0. The summed E-state index contributed by atoms with van der Waals surface area (Å²) in [6.45, 7) is 5.36. The standard InChI is InChI=1S/C9H21N3/c1-6-7-8-10-9(2)12(5)11(3)4/h6-8H2,1-5H3/p+1. The zero-order valence-corrected chi connectivity index (χ0v) is 9.02. The van der Waals surface area contributed by atoms with Crippen LogP contribution < -0.4 is 5.32 Å². The van der Waals surface area contributed by atoms with Crippen LogP contribution in [-0.2, 0) is 0 Å². The first-order valence-electron chi connectivity index (χ1n) is 4.58. The summed E-state index contributed by atoms with van der Waals surface area (Å²) in [5.74, 6) is 1.20. The van der Waals surface area contributed by atoms with Gasteiger partial charge in [0.1, 0.15) is 7.05 Å². The fraction of sp³-hybridized carbons (Fsp3) is 0.889. The Balaban J connectivity index is 3.83. The van der Waals surface area contributed by atoms with E-state index in [1.54, 1.807) is 0 Å². The molecule has 0 fully saturated rings. The molecule has 0 aliphatic carbocycles. The number of nitrogens with zero attached hydrogens (tertiary/aromatic N) is 2. The van der Waals surface area contributed by atoms with Gasteiger partial charge in [-0.1, -0.05) is 13.3 Å². The fourth-order valence-corrected chi connectivity index (χ4v) is 0.860. The Morgan fingerprint density at radius 2 is 2.00 bits per heavy atom. The van der Waals surface area contributed by atoms with E-state index < -0.39 is 0 Å². The minimum Gasteiger partial charge on any atom is -0.277 e. The molecule has 0 aromatic carbocycles. The minimum absolute atomic E-state index is 1.07. The maximum absolute atomic E-state index is 3.37. The van der Waals surface area contributed by atoms with E-state index in [4.69, 9.17) is 0 Å². The number of hydrazine groups is 1. The lowest BCUT2D eigenvalue weighted by Gasteiger charge is -2.13. The molecule has 0 aromatic rings. The van der Waals surface area contributed by atoms with Gasteiger partial charge in [-0.15, -0.1) is 0 Å². The highest BCUT2D eigenvalue weighted by molar-refractivity contribution is 5.74. The Kier molecular flexibility index (Phi) is 5.51. The highest BCUT2D eigenvalue weighted by Crippen LogP contribution is 1.83. The van der Waals surface area contributed by atoms with E-state index in [1.807, 2.05) is 26.2 Å². The van der Waals surface area contributed by atoms with Crippen LogP contribution in [0.15, 0.2) is 0 Å². The van der Waals surface area contributed by atoms with Crippen molar-refractivity contribution >= 4 is 5.84 Å². The SMILES string of the molecule is CCCCN/C(C)=[N+](\C)N(C)C. The summed E-state index contributed by atoms with van der Waals surface area (Å²) in [6, 6.07) is 0. The Morgan fingerprint density at radius 3 is 2.42 bits per heavy atom. The summed E-state index contributed by atoms with van der Waals surface area (Å²) in [5.41, 5.74) is 0. The summed E-state index contributed by atoms with van der Waals surface area (Å²) in [5, 5.41) is 5.42. The molecule has 0 amide bonds. The molecule has 0 atom stereocenters. The molecule has 0 unspecified atom stereocenters. The lowest BCUT2D eigenvalue weighted by Crippen LogP contribution is -2.36. The van der Waals surface area contributed by atoms with Gasteiger partial charge in [-0.2, -0.15) is 4.68 Å². The van der Waals surface area contributed by atoms with Gasteiger partial charge in [-0.05, 0) is 6.42 Å². The van der Waals surface area contributed by atoms with Gasteiger partial charge in [0.25, 0.3) is 5.84 Å². The number of amidine groups is 1. The minimum atomic E-state index is 1.07. The summed E-state index contributed by atoms with van der Waals surface area (Å²) < 4.78 is 2.09. The van der Waals surface area contributed by atoms with Crippen molar-refractivity contribution in [1.29, 1.82) is 0 Å². The predicted octanol–water partition coefficient (Wildman–Crippen LogP) is 0.913. The summed E-state index contributed by atoms with van der Waals surface area (Å²) in [6.07, 6.45) is 2.48. The van der Waals surface area contributed by atoms with Gasteiger partial charge >= 0.3 is 0 Å². The molecule has 0 aliphatic rings. The van der Waals surface area contributed by atoms with Crippen LogP contribution in [-0.4, -0.2) is 43.2 Å². The quantitative estimate of drug-likeness (QED) is 0.223. The molecular formula is C9H22N3+. The lowest BCUT2D eigenvalue weighted by atomic mass is 10.3. The van der Waals surface area contributed by atoms with E-state index in [9.17, 15) is 0 Å². The summed E-state index contributed by atoms with van der Waals surface area (Å²) in [7, 11) is 6.12. The van der Waals surface area contributed by atoms with Crippen molar-refractivity contribution in [2.45, 2.75) is 26.7 Å². The van der Waals surface area contributed by atoms with E-state index >= 15 is 0 Å². The number of hydrogen-bond acceptors (Lipinski definition) is 1. The molecule has 0 spiro atoms. The van der Waals surface area contributed by atoms with Crippen molar-refractivity contribution in [2.24, 2.45) is 0 Å². The van der Waals surface area contributed by atoms with Crippen LogP contribution in [0, 0.1) is 0 Å². The van der Waals surface area contributed by atoms with E-state index in [0.717, 1.165) is 6.54 Å². The molecule has 1 N–H and O–H groups in total. The third-order valence-corrected chi connectivity index (χ3v) is 2.00. The van der Waals surface area contributed by atoms with Crippen molar-refractivity contribution in [3.8, 4) is 0 Å². The second-order valence-corrected chi connectivity index (χ2v) is 3.24. The molecule has 0 saturated carbocycles. The van der Waals surface area contributed by atoms with Crippen LogP contribution in [0.2, 0.25) is 0 Å². The number of hydrogen-bond donors (Lipinski definition) is 1. The summed E-state index contributed by atoms with van der Waals surface area (Å²) >= 11 is 0. The fourth-order valence-electron chi connectivity index (χ4n) is 0.860. The van der Waals surface area contributed by atoms with Crippen LogP contribution >= 0.6 is 0 Å². The molecule has 0 bridgehead atoms. The molecule has 0 radical (unpaired) electrons. The highest BCUT2D eigenvalue weighted by atomic mass is 15.5. The smallest absolute Gasteiger partial charge is 0.264 e. The van der Waals surface area contributed by atoms with Crippen molar-refractivity contribution in [3.05, 3.63) is 0 Å². The predicted molar refractivity (Wildman–Crippen MR) is 53.5 cm³/mol. The largest absolute Gasteiger partial charge is 0.277 e. The highest BCUT2D eigenvalue weighted by Gasteiger charge is 2.02. The van der Waals surface area contributed by atoms with E-state index in [0.29, 0.717) is 0 Å². The van der Waals surface area contributed by atoms with Gasteiger partial charge in [0.05, 0.1) is 6.54 Å². The first-order valence-corrected chi connectivity index (χ1v) is 4.58. The van der Waals surface area contributed by atoms with E-state index in [2.05, 4.69) is 23.8 Å². The lowest BCUT2D eigenvalue weighted by molar-refractivity contribution is -0.657. The second kappa shape index (κ2) is 5.86. The molecule has 0 heterocycles. The number of unbranched alkanes of at least 4 members (excludes halogenated alkanes) is 1. The normalized spacial score (nSPS) is 12.4. The zero-order chi connectivity index (χ0) is 9.56. The Labute approximate surface area is 76.0 Å². The number of hydrazone groups is 1. The number of nitrogens with one attached hydrogen (secondary N) is 1. The number of rotatable bonds is 4. The molecule has 0 aliphatic heterocycles. The van der Waals surface area contributed by atoms with Crippen molar-refractivity contribution in [3.63, 3.8) is 0 Å². The molecule has 0 saturated heterocycles. The van der Waals surface area contributed by atoms with Crippen LogP contribution in [0.5, 0.6) is 0 Å². The molecule has 0 rings (SSSR count). The van der Waals surface area contributed by atoms with Crippen molar-refractivity contribution in [2.75, 3.05) is 27.7 Å². The monoisotopic (exact) mass is 172 g/mol. The van der Waals surface area contributed by atoms with Crippen LogP contribution in [0.4, 0.5) is 0 Å². The maximum Gasteiger partial charge on any atom is 0.264 e. The van der Waals surface area contributed by atoms with Crippen LogP contribution in [0.3, 0.4) is 0 Å². The van der Waals surface area contributed by atoms with E-state index in [-0.39, 0.29) is 0 Å². The molecular weight excluding hydrogens is 150 g/mol. The average Bonchev–Trinajstić information content (AvgIpc) is 2.03. The molecule has 12 heavy (non-hydrogen) atoms. The third kappa shape index (κ3) is 4.21. The van der Waals surface area contributed by atoms with Gasteiger partial charge in [0.2, 0.25) is 0 Å². The van der Waals surface area contributed by atoms with Gasteiger partial charge in [-0.25, -0.2) is 0 Å². The third-order valence-electron chi connectivity index (χ3n) is 2.00. The van der Waals surface area contributed by atoms with Crippen molar-refractivity contribution < 1.29 is 4.68 Å². The van der Waals surface area contributed by atoms with Gasteiger partial charge in [0, 0.05) is 21.0 Å². The first kappa shape index (κ1) is 11.3. The Bertz CT molecular complexity index is 150. The topological polar surface area (TPSA) is 18.3 Å².